The lowest BCUT2D eigenvalue weighted by Gasteiger charge is -2.11. The Bertz CT molecular complexity index is 1120. The van der Waals surface area contributed by atoms with Gasteiger partial charge in [0, 0.05) is 14.1 Å². The summed E-state index contributed by atoms with van der Waals surface area (Å²) in [6, 6.07) is 6.34. The topological polar surface area (TPSA) is 149 Å². The van der Waals surface area contributed by atoms with Gasteiger partial charge in [0.1, 0.15) is 6.54 Å². The third kappa shape index (κ3) is 3.92. The average molecular weight is 371 g/mol. The first-order valence-electron chi connectivity index (χ1n) is 7.90. The largest absolute Gasteiger partial charge is 0.456 e. The second-order valence-electron chi connectivity index (χ2n) is 5.84. The number of nitrogen functional groups attached to an aromatic ring is 1. The van der Waals surface area contributed by atoms with Crippen LogP contribution in [0.25, 0.3) is 10.8 Å². The lowest BCUT2D eigenvalue weighted by atomic mass is 10.2. The van der Waals surface area contributed by atoms with Crippen LogP contribution in [0.1, 0.15) is 5.82 Å². The van der Waals surface area contributed by atoms with E-state index in [-0.39, 0.29) is 29.2 Å². The number of benzene rings is 1. The van der Waals surface area contributed by atoms with Gasteiger partial charge in [-0.05, 0) is 12.1 Å². The van der Waals surface area contributed by atoms with Gasteiger partial charge in [-0.2, -0.15) is 15.0 Å². The molecule has 3 aromatic rings. The van der Waals surface area contributed by atoms with Crippen molar-refractivity contribution in [2.24, 2.45) is 0 Å². The lowest BCUT2D eigenvalue weighted by Crippen LogP contribution is -2.32. The van der Waals surface area contributed by atoms with Crippen LogP contribution < -0.4 is 21.8 Å². The molecular weight excluding hydrogens is 354 g/mol. The summed E-state index contributed by atoms with van der Waals surface area (Å²) in [5.41, 5.74) is 4.63. The molecule has 1 aromatic carbocycles. The maximum absolute atomic E-state index is 12.4. The highest BCUT2D eigenvalue weighted by Gasteiger charge is 2.13. The number of H-pyrrole nitrogens is 1. The Morgan fingerprint density at radius 2 is 1.89 bits per heavy atom. The number of ether oxygens (including phenoxy) is 1. The molecule has 2 aromatic heterocycles. The van der Waals surface area contributed by atoms with Crippen LogP contribution in [-0.2, 0) is 22.7 Å². The number of hydrogen-bond donors (Lipinski definition) is 2. The molecule has 0 atom stereocenters. The highest BCUT2D eigenvalue weighted by atomic mass is 16.5. The number of nitrogens with one attached hydrogen (secondary N) is 1. The lowest BCUT2D eigenvalue weighted by molar-refractivity contribution is -0.146. The van der Waals surface area contributed by atoms with E-state index in [1.807, 2.05) is 0 Å². The molecule has 0 aliphatic rings. The monoisotopic (exact) mass is 371 g/mol. The fraction of sp³-hybridized carbons (Fsp3) is 0.250. The predicted molar refractivity (Wildman–Crippen MR) is 97.2 cm³/mol. The molecule has 0 aliphatic carbocycles. The number of fused-ring (bicyclic) bond motifs is 1. The molecule has 0 radical (unpaired) electrons. The van der Waals surface area contributed by atoms with Crippen LogP contribution >= 0.6 is 0 Å². The quantitative estimate of drug-likeness (QED) is 0.553. The van der Waals surface area contributed by atoms with E-state index < -0.39 is 23.6 Å². The van der Waals surface area contributed by atoms with Crippen molar-refractivity contribution in [3.8, 4) is 0 Å². The molecule has 0 spiro atoms. The molecule has 11 nitrogen and oxygen atoms in total. The van der Waals surface area contributed by atoms with Crippen LogP contribution in [0.3, 0.4) is 0 Å². The Labute approximate surface area is 152 Å². The molecule has 0 unspecified atom stereocenters. The van der Waals surface area contributed by atoms with Crippen LogP contribution in [0.2, 0.25) is 0 Å². The first-order valence-corrected chi connectivity index (χ1v) is 7.90. The molecule has 140 valence electrons. The second-order valence-corrected chi connectivity index (χ2v) is 5.84. The van der Waals surface area contributed by atoms with E-state index in [0.717, 1.165) is 4.68 Å². The van der Waals surface area contributed by atoms with Crippen molar-refractivity contribution in [1.29, 1.82) is 0 Å². The molecule has 0 aliphatic heterocycles. The number of hydrogen-bond acceptors (Lipinski definition) is 9. The van der Waals surface area contributed by atoms with Crippen LogP contribution in [0.4, 0.5) is 11.9 Å². The van der Waals surface area contributed by atoms with Crippen molar-refractivity contribution in [2.75, 3.05) is 24.7 Å². The van der Waals surface area contributed by atoms with E-state index >= 15 is 0 Å². The van der Waals surface area contributed by atoms with Gasteiger partial charge in [-0.25, -0.2) is 4.68 Å². The van der Waals surface area contributed by atoms with Gasteiger partial charge in [-0.3, -0.25) is 19.5 Å². The molecule has 0 saturated carbocycles. The Morgan fingerprint density at radius 1 is 1.19 bits per heavy atom. The number of carbonyl (C=O) groups excluding carboxylic acids is 1. The van der Waals surface area contributed by atoms with Crippen molar-refractivity contribution < 1.29 is 9.53 Å². The van der Waals surface area contributed by atoms with Crippen LogP contribution in [0.5, 0.6) is 0 Å². The minimum atomic E-state index is -0.742. The maximum Gasteiger partial charge on any atom is 0.328 e. The number of esters is 1. The Morgan fingerprint density at radius 3 is 2.59 bits per heavy atom. The Kier molecular flexibility index (Phi) is 4.83. The normalized spacial score (nSPS) is 10.7. The van der Waals surface area contributed by atoms with Crippen LogP contribution in [0.15, 0.2) is 33.9 Å². The van der Waals surface area contributed by atoms with Gasteiger partial charge in [0.2, 0.25) is 11.9 Å². The van der Waals surface area contributed by atoms with Gasteiger partial charge in [0.25, 0.3) is 11.1 Å². The minimum Gasteiger partial charge on any atom is -0.456 e. The smallest absolute Gasteiger partial charge is 0.328 e. The number of carbonyl (C=O) groups is 1. The zero-order valence-corrected chi connectivity index (χ0v) is 14.7. The highest BCUT2D eigenvalue weighted by Crippen LogP contribution is 2.07. The number of anilines is 2. The van der Waals surface area contributed by atoms with Crippen molar-refractivity contribution in [1.82, 2.24) is 24.7 Å². The number of nitrogens with zero attached hydrogens (tertiary/aromatic N) is 5. The standard InChI is InChI=1S/C16H17N7O4/c1-22(2)16-19-11(18-15(17)20-16)8-27-12(24)7-23-14(26)10-6-4-3-5-9(10)13(25)21-23/h3-6H,7-8H2,1-2H3,(H,21,25)(H2,17,18,19,20). The van der Waals surface area contributed by atoms with E-state index in [4.69, 9.17) is 10.5 Å². The minimum absolute atomic E-state index is 0.00479. The first kappa shape index (κ1) is 18.0. The van der Waals surface area contributed by atoms with Crippen molar-refractivity contribution in [3.63, 3.8) is 0 Å². The van der Waals surface area contributed by atoms with Gasteiger partial charge < -0.3 is 15.4 Å². The molecule has 0 fully saturated rings. The van der Waals surface area contributed by atoms with Crippen LogP contribution in [-0.4, -0.2) is 44.8 Å². The summed E-state index contributed by atoms with van der Waals surface area (Å²) >= 11 is 0. The van der Waals surface area contributed by atoms with E-state index in [1.165, 1.54) is 12.1 Å². The zero-order chi connectivity index (χ0) is 19.6. The van der Waals surface area contributed by atoms with E-state index in [1.54, 1.807) is 31.1 Å². The van der Waals surface area contributed by atoms with Gasteiger partial charge in [-0.15, -0.1) is 0 Å². The van der Waals surface area contributed by atoms with Crippen molar-refractivity contribution in [3.05, 3.63) is 50.8 Å². The van der Waals surface area contributed by atoms with Crippen LogP contribution in [0, 0.1) is 0 Å². The summed E-state index contributed by atoms with van der Waals surface area (Å²) in [6.45, 7) is -0.709. The molecular formula is C16H17N7O4. The summed E-state index contributed by atoms with van der Waals surface area (Å²) < 4.78 is 5.98. The summed E-state index contributed by atoms with van der Waals surface area (Å²) in [4.78, 5) is 50.1. The fourth-order valence-electron chi connectivity index (χ4n) is 2.37. The Balaban J connectivity index is 1.76. The molecule has 3 N–H and O–H groups in total. The number of nitrogens with two attached hydrogens (primary N) is 1. The summed E-state index contributed by atoms with van der Waals surface area (Å²) in [7, 11) is 3.46. The zero-order valence-electron chi connectivity index (χ0n) is 14.7. The van der Waals surface area contributed by atoms with E-state index in [9.17, 15) is 14.4 Å². The molecule has 2 heterocycles. The number of aromatic amines is 1. The van der Waals surface area contributed by atoms with Gasteiger partial charge >= 0.3 is 5.97 Å². The van der Waals surface area contributed by atoms with Gasteiger partial charge in [0.05, 0.1) is 10.8 Å². The van der Waals surface area contributed by atoms with E-state index in [0.29, 0.717) is 5.95 Å². The average Bonchev–Trinajstić information content (AvgIpc) is 2.64. The summed E-state index contributed by atoms with van der Waals surface area (Å²) in [6.07, 6.45) is 0. The molecule has 3 rings (SSSR count). The van der Waals surface area contributed by atoms with Gasteiger partial charge in [-0.1, -0.05) is 12.1 Å². The Hall–Kier alpha value is -3.76. The fourth-order valence-corrected chi connectivity index (χ4v) is 2.37. The highest BCUT2D eigenvalue weighted by molar-refractivity contribution is 5.80. The summed E-state index contributed by atoms with van der Waals surface area (Å²) in [5.74, 6) is -0.259. The second kappa shape index (κ2) is 7.23. The third-order valence-electron chi connectivity index (χ3n) is 3.62. The van der Waals surface area contributed by atoms with Gasteiger partial charge in [0.15, 0.2) is 12.4 Å². The molecule has 0 saturated heterocycles. The molecule has 11 heteroatoms. The predicted octanol–water partition coefficient (Wildman–Crippen LogP) is -0.734. The molecule has 0 amide bonds. The molecule has 0 bridgehead atoms. The first-order chi connectivity index (χ1) is 12.8. The van der Waals surface area contributed by atoms with E-state index in [2.05, 4.69) is 20.1 Å². The number of aromatic nitrogens is 5. The van der Waals surface area contributed by atoms with Crippen molar-refractivity contribution >= 4 is 28.6 Å². The third-order valence-corrected chi connectivity index (χ3v) is 3.62. The SMILES string of the molecule is CN(C)c1nc(N)nc(COC(=O)Cn2[nH]c(=O)c3ccccc3c2=O)n1. The number of rotatable bonds is 5. The van der Waals surface area contributed by atoms with Crippen molar-refractivity contribution in [2.45, 2.75) is 13.2 Å². The maximum atomic E-state index is 12.4. The molecule has 27 heavy (non-hydrogen) atoms. The summed E-state index contributed by atoms with van der Waals surface area (Å²) in [5, 5.41) is 2.83.